The average Bonchev–Trinajstić information content (AvgIpc) is 3.34. The molecular weight excluding hydrogens is 410 g/mol. The molecule has 9 heteroatoms. The number of carboxylic acid groups (broad SMARTS) is 1. The Bertz CT molecular complexity index is 1350. The number of aliphatic carboxylic acids is 1. The van der Waals surface area contributed by atoms with Crippen LogP contribution in [-0.4, -0.2) is 37.2 Å². The molecule has 6 N–H and O–H groups in total. The topological polar surface area (TPSA) is 148 Å². The van der Waals surface area contributed by atoms with Gasteiger partial charge in [0, 0.05) is 48.4 Å². The van der Waals surface area contributed by atoms with Crippen LogP contribution in [-0.2, 0) is 18.3 Å². The van der Waals surface area contributed by atoms with E-state index in [-0.39, 0.29) is 18.1 Å². The molecule has 1 fully saturated rings. The normalized spacial score (nSPS) is 13.8. The third-order valence-corrected chi connectivity index (χ3v) is 6.09. The number of nitrogens with zero attached hydrogens (tertiary/aromatic N) is 2. The Morgan fingerprint density at radius 1 is 1.31 bits per heavy atom. The number of aromatic amines is 2. The molecule has 1 aliphatic carbocycles. The molecule has 0 radical (unpaired) electrons. The Hall–Kier alpha value is -3.59. The van der Waals surface area contributed by atoms with Crippen molar-refractivity contribution in [1.29, 1.82) is 0 Å². The molecule has 5 rings (SSSR count). The fraction of sp³-hybridized carbons (Fsp3) is 0.348. The van der Waals surface area contributed by atoms with E-state index in [9.17, 15) is 9.59 Å². The highest BCUT2D eigenvalue weighted by Crippen LogP contribution is 2.38. The van der Waals surface area contributed by atoms with E-state index in [1.165, 1.54) is 19.3 Å². The second kappa shape index (κ2) is 8.51. The van der Waals surface area contributed by atoms with Gasteiger partial charge in [-0.2, -0.15) is 0 Å². The van der Waals surface area contributed by atoms with Gasteiger partial charge in [-0.3, -0.25) is 9.59 Å². The molecule has 0 bridgehead atoms. The first-order chi connectivity index (χ1) is 15.0. The molecule has 0 spiro atoms. The van der Waals surface area contributed by atoms with Crippen molar-refractivity contribution >= 4 is 27.9 Å². The van der Waals surface area contributed by atoms with Gasteiger partial charge in [-0.1, -0.05) is 6.42 Å². The molecule has 1 aromatic carbocycles. The molecule has 168 valence electrons. The zero-order valence-electron chi connectivity index (χ0n) is 18.0. The molecule has 0 aliphatic heterocycles. The quantitative estimate of drug-likeness (QED) is 0.346. The van der Waals surface area contributed by atoms with Gasteiger partial charge in [-0.05, 0) is 30.9 Å². The summed E-state index contributed by atoms with van der Waals surface area (Å²) in [7, 11) is 1.74. The minimum absolute atomic E-state index is 0. The molecular formula is C23H27N5O4. The number of benzene rings is 1. The number of rotatable bonds is 7. The van der Waals surface area contributed by atoms with E-state index >= 15 is 0 Å². The molecule has 1 aliphatic rings. The Balaban J connectivity index is 0.00000245. The van der Waals surface area contributed by atoms with Crippen LogP contribution >= 0.6 is 0 Å². The number of hydrogen-bond acceptors (Lipinski definition) is 5. The lowest BCUT2D eigenvalue weighted by molar-refractivity contribution is -0.137. The molecule has 0 saturated heterocycles. The van der Waals surface area contributed by atoms with E-state index in [2.05, 4.69) is 15.0 Å². The summed E-state index contributed by atoms with van der Waals surface area (Å²) < 4.78 is 7.83. The van der Waals surface area contributed by atoms with E-state index < -0.39 is 5.97 Å². The van der Waals surface area contributed by atoms with Crippen molar-refractivity contribution in [1.82, 2.24) is 25.7 Å². The van der Waals surface area contributed by atoms with Crippen molar-refractivity contribution < 1.29 is 14.6 Å². The number of nitrogens with one attached hydrogen (secondary N) is 2. The van der Waals surface area contributed by atoms with E-state index in [0.717, 1.165) is 33.3 Å². The zero-order valence-corrected chi connectivity index (χ0v) is 18.0. The number of aryl methyl sites for hydroxylation is 2. The fourth-order valence-corrected chi connectivity index (χ4v) is 4.11. The Labute approximate surface area is 184 Å². The number of ether oxygens (including phenoxy) is 1. The minimum Gasteiger partial charge on any atom is -0.493 e. The van der Waals surface area contributed by atoms with Crippen LogP contribution in [0.5, 0.6) is 5.75 Å². The fourth-order valence-electron chi connectivity index (χ4n) is 4.11. The van der Waals surface area contributed by atoms with Gasteiger partial charge < -0.3 is 30.5 Å². The van der Waals surface area contributed by atoms with Crippen molar-refractivity contribution in [3.63, 3.8) is 0 Å². The summed E-state index contributed by atoms with van der Waals surface area (Å²) in [6, 6.07) is 5.79. The van der Waals surface area contributed by atoms with E-state index in [4.69, 9.17) is 9.84 Å². The third kappa shape index (κ3) is 3.87. The van der Waals surface area contributed by atoms with Crippen LogP contribution in [0.3, 0.4) is 0 Å². The van der Waals surface area contributed by atoms with Gasteiger partial charge >= 0.3 is 5.97 Å². The first kappa shape index (κ1) is 21.6. The second-order valence-corrected chi connectivity index (χ2v) is 8.28. The highest BCUT2D eigenvalue weighted by Gasteiger charge is 2.21. The Morgan fingerprint density at radius 2 is 2.12 bits per heavy atom. The molecule has 0 unspecified atom stereocenters. The molecule has 3 aromatic heterocycles. The maximum absolute atomic E-state index is 12.5. The molecule has 1 saturated carbocycles. The predicted octanol–water partition coefficient (Wildman–Crippen LogP) is 3.77. The Kier molecular flexibility index (Phi) is 5.75. The zero-order chi connectivity index (χ0) is 21.5. The van der Waals surface area contributed by atoms with Gasteiger partial charge in [0.15, 0.2) is 0 Å². The van der Waals surface area contributed by atoms with Gasteiger partial charge in [0.25, 0.3) is 5.56 Å². The first-order valence-electron chi connectivity index (χ1n) is 10.5. The smallest absolute Gasteiger partial charge is 0.303 e. The summed E-state index contributed by atoms with van der Waals surface area (Å²) in [5, 5.41) is 9.81. The van der Waals surface area contributed by atoms with Crippen LogP contribution in [0.15, 0.2) is 35.4 Å². The number of fused-ring (bicyclic) bond motifs is 2. The number of pyridine rings is 1. The third-order valence-electron chi connectivity index (χ3n) is 6.09. The van der Waals surface area contributed by atoms with Crippen LogP contribution in [0.4, 0.5) is 0 Å². The predicted molar refractivity (Wildman–Crippen MR) is 122 cm³/mol. The number of H-pyrrole nitrogens is 2. The molecule has 3 heterocycles. The van der Waals surface area contributed by atoms with Gasteiger partial charge in [-0.25, -0.2) is 4.98 Å². The van der Waals surface area contributed by atoms with Gasteiger partial charge in [0.2, 0.25) is 0 Å². The first-order valence-corrected chi connectivity index (χ1v) is 10.5. The summed E-state index contributed by atoms with van der Waals surface area (Å²) in [4.78, 5) is 34.3. The van der Waals surface area contributed by atoms with Crippen molar-refractivity contribution in [2.45, 2.75) is 32.1 Å². The van der Waals surface area contributed by atoms with Crippen LogP contribution in [0.1, 0.15) is 31.5 Å². The number of imidazole rings is 1. The van der Waals surface area contributed by atoms with Gasteiger partial charge in [0.1, 0.15) is 17.1 Å². The van der Waals surface area contributed by atoms with Gasteiger partial charge in [-0.15, -0.1) is 0 Å². The van der Waals surface area contributed by atoms with Crippen LogP contribution in [0, 0.1) is 5.92 Å². The Morgan fingerprint density at radius 3 is 2.84 bits per heavy atom. The summed E-state index contributed by atoms with van der Waals surface area (Å²) in [5.74, 6) is 1.07. The summed E-state index contributed by atoms with van der Waals surface area (Å²) in [6.45, 7) is 0.650. The maximum Gasteiger partial charge on any atom is 0.303 e. The second-order valence-electron chi connectivity index (χ2n) is 8.28. The SMILES string of the molecule is Cn1cc(-c2cc3[nH]c(CCC(=O)O)nc3cc2OCC2CCC2)c2cc[nH]c2c1=O.N. The monoisotopic (exact) mass is 437 g/mol. The molecule has 0 amide bonds. The average molecular weight is 438 g/mol. The summed E-state index contributed by atoms with van der Waals surface area (Å²) in [5.41, 5.74) is 3.79. The molecule has 4 aromatic rings. The van der Waals surface area contributed by atoms with Crippen LogP contribution < -0.4 is 16.4 Å². The summed E-state index contributed by atoms with van der Waals surface area (Å²) in [6.07, 6.45) is 7.56. The molecule has 0 atom stereocenters. The number of aromatic nitrogens is 4. The number of hydrogen-bond donors (Lipinski definition) is 4. The molecule has 9 nitrogen and oxygen atoms in total. The number of carboxylic acids is 1. The van der Waals surface area contributed by atoms with E-state index in [1.807, 2.05) is 24.4 Å². The molecule has 32 heavy (non-hydrogen) atoms. The lowest BCUT2D eigenvalue weighted by Gasteiger charge is -2.25. The van der Waals surface area contributed by atoms with Crippen molar-refractivity contribution in [2.24, 2.45) is 13.0 Å². The van der Waals surface area contributed by atoms with Crippen LogP contribution in [0.2, 0.25) is 0 Å². The maximum atomic E-state index is 12.5. The lowest BCUT2D eigenvalue weighted by Crippen LogP contribution is -2.19. The summed E-state index contributed by atoms with van der Waals surface area (Å²) >= 11 is 0. The van der Waals surface area contributed by atoms with Crippen molar-refractivity contribution in [2.75, 3.05) is 6.61 Å². The standard InChI is InChI=1S/C23H24N4O4.H3N/c1-27-11-16(14-7-8-24-22(14)23(27)30)15-9-17-18(26-20(25-17)5-6-21(28)29)10-19(15)31-12-13-3-2-4-13;/h7-11,13,24H,2-6,12H2,1H3,(H,25,26)(H,28,29);1H3. The highest BCUT2D eigenvalue weighted by molar-refractivity contribution is 5.98. The highest BCUT2D eigenvalue weighted by atomic mass is 16.5. The van der Waals surface area contributed by atoms with Crippen molar-refractivity contribution in [3.8, 4) is 16.9 Å². The van der Waals surface area contributed by atoms with Crippen LogP contribution in [0.25, 0.3) is 33.1 Å². The lowest BCUT2D eigenvalue weighted by atomic mass is 9.86. The minimum atomic E-state index is -0.856. The van der Waals surface area contributed by atoms with E-state index in [0.29, 0.717) is 30.3 Å². The van der Waals surface area contributed by atoms with Crippen molar-refractivity contribution in [3.05, 3.63) is 46.8 Å². The van der Waals surface area contributed by atoms with E-state index in [1.54, 1.807) is 17.8 Å². The number of carbonyl (C=O) groups is 1. The van der Waals surface area contributed by atoms with Gasteiger partial charge in [0.05, 0.1) is 24.1 Å². The largest absolute Gasteiger partial charge is 0.493 e.